The lowest BCUT2D eigenvalue weighted by atomic mass is 10.1. The Hall–Kier alpha value is -1.06. The SMILES string of the molecule is CCOc1ccc(C)cc1CNC[C@@H](C)O. The summed E-state index contributed by atoms with van der Waals surface area (Å²) in [6, 6.07) is 6.15. The lowest BCUT2D eigenvalue weighted by Crippen LogP contribution is -2.24. The van der Waals surface area contributed by atoms with Crippen molar-refractivity contribution in [1.29, 1.82) is 0 Å². The van der Waals surface area contributed by atoms with Crippen LogP contribution in [0.3, 0.4) is 0 Å². The largest absolute Gasteiger partial charge is 0.494 e. The van der Waals surface area contributed by atoms with Gasteiger partial charge in [-0.2, -0.15) is 0 Å². The van der Waals surface area contributed by atoms with Gasteiger partial charge in [-0.25, -0.2) is 0 Å². The van der Waals surface area contributed by atoms with Gasteiger partial charge in [0.2, 0.25) is 0 Å². The number of hydrogen-bond acceptors (Lipinski definition) is 3. The maximum atomic E-state index is 9.16. The number of ether oxygens (including phenoxy) is 1. The molecule has 0 amide bonds. The van der Waals surface area contributed by atoms with Crippen LogP contribution >= 0.6 is 0 Å². The average molecular weight is 223 g/mol. The summed E-state index contributed by atoms with van der Waals surface area (Å²) in [5.41, 5.74) is 2.36. The number of aliphatic hydroxyl groups excluding tert-OH is 1. The van der Waals surface area contributed by atoms with E-state index in [-0.39, 0.29) is 6.10 Å². The number of aryl methyl sites for hydroxylation is 1. The standard InChI is InChI=1S/C13H21NO2/c1-4-16-13-6-5-10(2)7-12(13)9-14-8-11(3)15/h5-7,11,14-15H,4,8-9H2,1-3H3/t11-/m1/s1. The fourth-order valence-corrected chi connectivity index (χ4v) is 1.56. The fraction of sp³-hybridized carbons (Fsp3) is 0.538. The van der Waals surface area contributed by atoms with Crippen LogP contribution in [0.5, 0.6) is 5.75 Å². The van der Waals surface area contributed by atoms with E-state index in [1.807, 2.05) is 19.1 Å². The highest BCUT2D eigenvalue weighted by molar-refractivity contribution is 5.36. The zero-order valence-corrected chi connectivity index (χ0v) is 10.3. The van der Waals surface area contributed by atoms with Crippen LogP contribution in [0, 0.1) is 6.92 Å². The van der Waals surface area contributed by atoms with E-state index in [0.717, 1.165) is 17.9 Å². The minimum absolute atomic E-state index is 0.319. The van der Waals surface area contributed by atoms with Gasteiger partial charge in [0.05, 0.1) is 12.7 Å². The van der Waals surface area contributed by atoms with E-state index in [0.29, 0.717) is 13.2 Å². The molecule has 0 saturated carbocycles. The zero-order valence-electron chi connectivity index (χ0n) is 10.3. The normalized spacial score (nSPS) is 12.5. The van der Waals surface area contributed by atoms with Crippen molar-refractivity contribution in [2.24, 2.45) is 0 Å². The summed E-state index contributed by atoms with van der Waals surface area (Å²) < 4.78 is 5.55. The molecule has 0 aliphatic carbocycles. The fourth-order valence-electron chi connectivity index (χ4n) is 1.56. The molecular formula is C13H21NO2. The summed E-state index contributed by atoms with van der Waals surface area (Å²) in [5, 5.41) is 12.4. The van der Waals surface area contributed by atoms with E-state index in [4.69, 9.17) is 9.84 Å². The quantitative estimate of drug-likeness (QED) is 0.773. The molecule has 0 heterocycles. The third-order valence-corrected chi connectivity index (χ3v) is 2.27. The second kappa shape index (κ2) is 6.51. The summed E-state index contributed by atoms with van der Waals surface area (Å²) in [6.07, 6.45) is -0.319. The van der Waals surface area contributed by atoms with E-state index >= 15 is 0 Å². The van der Waals surface area contributed by atoms with Crippen molar-refractivity contribution in [2.75, 3.05) is 13.2 Å². The van der Waals surface area contributed by atoms with Gasteiger partial charge in [-0.05, 0) is 26.8 Å². The molecule has 0 spiro atoms. The van der Waals surface area contributed by atoms with Gasteiger partial charge >= 0.3 is 0 Å². The molecule has 0 unspecified atom stereocenters. The van der Waals surface area contributed by atoms with Crippen LogP contribution in [-0.4, -0.2) is 24.4 Å². The summed E-state index contributed by atoms with van der Waals surface area (Å²) in [5.74, 6) is 0.922. The Kier molecular flexibility index (Phi) is 5.29. The van der Waals surface area contributed by atoms with Crippen molar-refractivity contribution in [1.82, 2.24) is 5.32 Å². The number of rotatable bonds is 6. The van der Waals surface area contributed by atoms with Gasteiger partial charge < -0.3 is 15.2 Å². The minimum atomic E-state index is -0.319. The highest BCUT2D eigenvalue weighted by atomic mass is 16.5. The Bertz CT molecular complexity index is 324. The van der Waals surface area contributed by atoms with Crippen LogP contribution in [0.4, 0.5) is 0 Å². The van der Waals surface area contributed by atoms with Crippen LogP contribution in [0.25, 0.3) is 0 Å². The summed E-state index contributed by atoms with van der Waals surface area (Å²) in [6.45, 7) is 7.81. The molecule has 1 atom stereocenters. The first-order chi connectivity index (χ1) is 7.63. The van der Waals surface area contributed by atoms with E-state index < -0.39 is 0 Å². The second-order valence-electron chi connectivity index (χ2n) is 4.02. The summed E-state index contributed by atoms with van der Waals surface area (Å²) in [4.78, 5) is 0. The topological polar surface area (TPSA) is 41.5 Å². The number of aliphatic hydroxyl groups is 1. The second-order valence-corrected chi connectivity index (χ2v) is 4.02. The lowest BCUT2D eigenvalue weighted by Gasteiger charge is -2.12. The molecule has 1 aromatic rings. The Morgan fingerprint density at radius 1 is 1.44 bits per heavy atom. The lowest BCUT2D eigenvalue weighted by molar-refractivity contribution is 0.190. The monoisotopic (exact) mass is 223 g/mol. The summed E-state index contributed by atoms with van der Waals surface area (Å²) in [7, 11) is 0. The Morgan fingerprint density at radius 2 is 2.19 bits per heavy atom. The summed E-state index contributed by atoms with van der Waals surface area (Å²) >= 11 is 0. The van der Waals surface area contributed by atoms with Crippen LogP contribution < -0.4 is 10.1 Å². The van der Waals surface area contributed by atoms with Gasteiger partial charge in [0.1, 0.15) is 5.75 Å². The highest BCUT2D eigenvalue weighted by Crippen LogP contribution is 2.19. The van der Waals surface area contributed by atoms with E-state index in [9.17, 15) is 0 Å². The van der Waals surface area contributed by atoms with Crippen LogP contribution in [0.15, 0.2) is 18.2 Å². The first-order valence-electron chi connectivity index (χ1n) is 5.74. The van der Waals surface area contributed by atoms with Gasteiger partial charge in [-0.1, -0.05) is 17.7 Å². The molecule has 0 aliphatic rings. The highest BCUT2D eigenvalue weighted by Gasteiger charge is 2.04. The van der Waals surface area contributed by atoms with Gasteiger partial charge in [-0.3, -0.25) is 0 Å². The van der Waals surface area contributed by atoms with E-state index in [2.05, 4.69) is 18.3 Å². The molecule has 0 saturated heterocycles. The number of nitrogens with one attached hydrogen (secondary N) is 1. The van der Waals surface area contributed by atoms with Crippen LogP contribution in [-0.2, 0) is 6.54 Å². The van der Waals surface area contributed by atoms with Crippen molar-refractivity contribution >= 4 is 0 Å². The molecule has 2 N–H and O–H groups in total. The van der Waals surface area contributed by atoms with Crippen molar-refractivity contribution in [3.05, 3.63) is 29.3 Å². The average Bonchev–Trinajstić information content (AvgIpc) is 2.21. The molecule has 90 valence electrons. The maximum absolute atomic E-state index is 9.16. The van der Waals surface area contributed by atoms with Crippen molar-refractivity contribution in [3.8, 4) is 5.75 Å². The third-order valence-electron chi connectivity index (χ3n) is 2.27. The molecule has 0 bridgehead atoms. The maximum Gasteiger partial charge on any atom is 0.123 e. The van der Waals surface area contributed by atoms with Gasteiger partial charge in [-0.15, -0.1) is 0 Å². The van der Waals surface area contributed by atoms with Gasteiger partial charge in [0.25, 0.3) is 0 Å². The molecule has 3 nitrogen and oxygen atoms in total. The Labute approximate surface area is 97.4 Å². The number of benzene rings is 1. The molecule has 0 radical (unpaired) electrons. The molecule has 0 aromatic heterocycles. The minimum Gasteiger partial charge on any atom is -0.494 e. The van der Waals surface area contributed by atoms with Crippen molar-refractivity contribution in [3.63, 3.8) is 0 Å². The van der Waals surface area contributed by atoms with E-state index in [1.54, 1.807) is 6.92 Å². The molecule has 0 aliphatic heterocycles. The molecule has 3 heteroatoms. The van der Waals surface area contributed by atoms with Crippen LogP contribution in [0.2, 0.25) is 0 Å². The van der Waals surface area contributed by atoms with Gasteiger partial charge in [0, 0.05) is 18.7 Å². The zero-order chi connectivity index (χ0) is 12.0. The molecule has 0 fully saturated rings. The van der Waals surface area contributed by atoms with Gasteiger partial charge in [0.15, 0.2) is 0 Å². The first kappa shape index (κ1) is 13.0. The smallest absolute Gasteiger partial charge is 0.123 e. The Balaban J connectivity index is 2.64. The molecular weight excluding hydrogens is 202 g/mol. The van der Waals surface area contributed by atoms with Crippen LogP contribution in [0.1, 0.15) is 25.0 Å². The molecule has 1 rings (SSSR count). The molecule has 16 heavy (non-hydrogen) atoms. The van der Waals surface area contributed by atoms with E-state index in [1.165, 1.54) is 5.56 Å². The Morgan fingerprint density at radius 3 is 2.81 bits per heavy atom. The molecule has 1 aromatic carbocycles. The van der Waals surface area contributed by atoms with Crippen molar-refractivity contribution < 1.29 is 9.84 Å². The van der Waals surface area contributed by atoms with Crippen molar-refractivity contribution in [2.45, 2.75) is 33.4 Å². The number of hydrogen-bond donors (Lipinski definition) is 2. The first-order valence-corrected chi connectivity index (χ1v) is 5.74. The third kappa shape index (κ3) is 4.21. The predicted molar refractivity (Wildman–Crippen MR) is 65.7 cm³/mol. The predicted octanol–water partition coefficient (Wildman–Crippen LogP) is 1.86.